The summed E-state index contributed by atoms with van der Waals surface area (Å²) >= 11 is 11.9. The predicted octanol–water partition coefficient (Wildman–Crippen LogP) is 4.17. The number of nitrogens with one attached hydrogen (secondary N) is 2. The number of hydrazine groups is 1. The molecule has 166 valence electrons. The van der Waals surface area contributed by atoms with Crippen molar-refractivity contribution in [3.05, 3.63) is 58.1 Å². The molecule has 1 unspecified atom stereocenters. The Morgan fingerprint density at radius 2 is 1.87 bits per heavy atom. The van der Waals surface area contributed by atoms with Crippen LogP contribution in [-0.2, 0) is 9.53 Å². The summed E-state index contributed by atoms with van der Waals surface area (Å²) < 4.78 is 16.7. The molecule has 1 aliphatic rings. The molecule has 2 aromatic rings. The van der Waals surface area contributed by atoms with Crippen molar-refractivity contribution in [2.75, 3.05) is 19.8 Å². The van der Waals surface area contributed by atoms with E-state index in [2.05, 4.69) is 10.9 Å². The lowest BCUT2D eigenvalue weighted by molar-refractivity contribution is -0.122. The summed E-state index contributed by atoms with van der Waals surface area (Å²) in [7, 11) is 0. The molecule has 0 aliphatic carbocycles. The lowest BCUT2D eigenvalue weighted by Gasteiger charge is -2.12. The van der Waals surface area contributed by atoms with Crippen molar-refractivity contribution in [1.29, 1.82) is 0 Å². The van der Waals surface area contributed by atoms with Crippen molar-refractivity contribution in [3.8, 4) is 11.5 Å². The van der Waals surface area contributed by atoms with Gasteiger partial charge < -0.3 is 14.2 Å². The summed E-state index contributed by atoms with van der Waals surface area (Å²) in [6.45, 7) is 1.58. The van der Waals surface area contributed by atoms with Crippen molar-refractivity contribution in [2.45, 2.75) is 31.8 Å². The number of amides is 2. The molecule has 3 rings (SSSR count). The van der Waals surface area contributed by atoms with Gasteiger partial charge in [-0.3, -0.25) is 20.4 Å². The Morgan fingerprint density at radius 3 is 2.58 bits per heavy atom. The number of rotatable bonds is 9. The van der Waals surface area contributed by atoms with Gasteiger partial charge in [0.1, 0.15) is 18.1 Å². The largest absolute Gasteiger partial charge is 0.492 e. The number of hydrogen-bond donors (Lipinski definition) is 2. The Kier molecular flexibility index (Phi) is 8.82. The van der Waals surface area contributed by atoms with Gasteiger partial charge in [-0.1, -0.05) is 23.2 Å². The minimum Gasteiger partial charge on any atom is -0.492 e. The Bertz CT molecular complexity index is 886. The van der Waals surface area contributed by atoms with Crippen LogP contribution in [0.25, 0.3) is 0 Å². The average Bonchev–Trinajstić information content (AvgIpc) is 3.29. The van der Waals surface area contributed by atoms with Gasteiger partial charge in [-0.05, 0) is 61.7 Å². The number of benzene rings is 2. The average molecular weight is 467 g/mol. The van der Waals surface area contributed by atoms with Crippen molar-refractivity contribution in [1.82, 2.24) is 10.9 Å². The van der Waals surface area contributed by atoms with Gasteiger partial charge in [0.25, 0.3) is 5.91 Å². The fraction of sp³-hybridized carbons (Fsp3) is 0.364. The van der Waals surface area contributed by atoms with Crippen LogP contribution in [0.4, 0.5) is 0 Å². The molecule has 2 N–H and O–H groups in total. The van der Waals surface area contributed by atoms with Crippen molar-refractivity contribution >= 4 is 35.0 Å². The summed E-state index contributed by atoms with van der Waals surface area (Å²) in [5.41, 5.74) is 5.19. The van der Waals surface area contributed by atoms with E-state index in [0.717, 1.165) is 19.4 Å². The van der Waals surface area contributed by atoms with Gasteiger partial charge in [0, 0.05) is 23.6 Å². The predicted molar refractivity (Wildman–Crippen MR) is 118 cm³/mol. The van der Waals surface area contributed by atoms with Crippen LogP contribution in [0.15, 0.2) is 42.5 Å². The first kappa shape index (κ1) is 23.2. The Morgan fingerprint density at radius 1 is 1.06 bits per heavy atom. The molecule has 2 amide bonds. The molecule has 0 spiro atoms. The third kappa shape index (κ3) is 7.61. The highest BCUT2D eigenvalue weighted by molar-refractivity contribution is 6.35. The third-order valence-corrected chi connectivity index (χ3v) is 5.12. The number of hydrogen-bond acceptors (Lipinski definition) is 5. The van der Waals surface area contributed by atoms with E-state index in [1.165, 1.54) is 0 Å². The molecule has 0 aromatic heterocycles. The highest BCUT2D eigenvalue weighted by Crippen LogP contribution is 2.27. The van der Waals surface area contributed by atoms with Crippen molar-refractivity contribution < 1.29 is 23.8 Å². The summed E-state index contributed by atoms with van der Waals surface area (Å²) in [5, 5.41) is 0.931. The summed E-state index contributed by atoms with van der Waals surface area (Å²) in [6, 6.07) is 11.6. The quantitative estimate of drug-likeness (QED) is 0.427. The zero-order valence-electron chi connectivity index (χ0n) is 16.9. The SMILES string of the molecule is O=C(CCCOc1ccc(Cl)cc1Cl)NNC(=O)c1ccc(OCC2CCCO2)cc1. The van der Waals surface area contributed by atoms with Crippen LogP contribution >= 0.6 is 23.2 Å². The molecular weight excluding hydrogens is 443 g/mol. The summed E-state index contributed by atoms with van der Waals surface area (Å²) in [4.78, 5) is 24.1. The molecular formula is C22H24Cl2N2O5. The molecule has 1 heterocycles. The molecule has 1 fully saturated rings. The zero-order chi connectivity index (χ0) is 22.1. The van der Waals surface area contributed by atoms with E-state index < -0.39 is 5.91 Å². The van der Waals surface area contributed by atoms with E-state index in [1.54, 1.807) is 42.5 Å². The van der Waals surface area contributed by atoms with E-state index >= 15 is 0 Å². The zero-order valence-corrected chi connectivity index (χ0v) is 18.4. The van der Waals surface area contributed by atoms with E-state index in [4.69, 9.17) is 37.4 Å². The molecule has 0 saturated carbocycles. The number of carbonyl (C=O) groups excluding carboxylic acids is 2. The highest BCUT2D eigenvalue weighted by Gasteiger charge is 2.16. The van der Waals surface area contributed by atoms with Gasteiger partial charge in [-0.15, -0.1) is 0 Å². The van der Waals surface area contributed by atoms with Gasteiger partial charge in [-0.2, -0.15) is 0 Å². The van der Waals surface area contributed by atoms with Crippen molar-refractivity contribution in [3.63, 3.8) is 0 Å². The fourth-order valence-electron chi connectivity index (χ4n) is 2.94. The van der Waals surface area contributed by atoms with Gasteiger partial charge in [-0.25, -0.2) is 0 Å². The van der Waals surface area contributed by atoms with Crippen LogP contribution in [0.1, 0.15) is 36.0 Å². The first-order valence-corrected chi connectivity index (χ1v) is 10.8. The molecule has 0 bridgehead atoms. The van der Waals surface area contributed by atoms with E-state index in [9.17, 15) is 9.59 Å². The van der Waals surface area contributed by atoms with E-state index in [0.29, 0.717) is 46.7 Å². The minimum absolute atomic E-state index is 0.131. The maximum Gasteiger partial charge on any atom is 0.269 e. The number of halogens is 2. The molecule has 9 heteroatoms. The number of carbonyl (C=O) groups is 2. The van der Waals surface area contributed by atoms with Crippen LogP contribution in [0.5, 0.6) is 11.5 Å². The third-order valence-electron chi connectivity index (χ3n) is 4.59. The maximum absolute atomic E-state index is 12.2. The van der Waals surface area contributed by atoms with Gasteiger partial charge in [0.2, 0.25) is 5.91 Å². The topological polar surface area (TPSA) is 85.9 Å². The normalized spacial score (nSPS) is 15.4. The summed E-state index contributed by atoms with van der Waals surface area (Å²) in [5.74, 6) is 0.429. The summed E-state index contributed by atoms with van der Waals surface area (Å²) in [6.07, 6.45) is 2.83. The standard InChI is InChI=1S/C22H24Cl2N2O5/c23-16-7-10-20(19(24)13-16)30-12-2-4-21(27)25-26-22(28)15-5-8-17(9-6-15)31-14-18-3-1-11-29-18/h5-10,13,18H,1-4,11-12,14H2,(H,25,27)(H,26,28). The van der Waals surface area contributed by atoms with Crippen LogP contribution < -0.4 is 20.3 Å². The van der Waals surface area contributed by atoms with Gasteiger partial charge >= 0.3 is 0 Å². The molecule has 1 aliphatic heterocycles. The van der Waals surface area contributed by atoms with Gasteiger partial charge in [0.15, 0.2) is 0 Å². The first-order valence-electron chi connectivity index (χ1n) is 10.0. The first-order chi connectivity index (χ1) is 15.0. The van der Waals surface area contributed by atoms with E-state index in [1.807, 2.05) is 0 Å². The highest BCUT2D eigenvalue weighted by atomic mass is 35.5. The molecule has 1 atom stereocenters. The second-order valence-corrected chi connectivity index (χ2v) is 7.84. The molecule has 2 aromatic carbocycles. The lowest BCUT2D eigenvalue weighted by atomic mass is 10.2. The second-order valence-electron chi connectivity index (χ2n) is 7.00. The smallest absolute Gasteiger partial charge is 0.269 e. The van der Waals surface area contributed by atoms with Crippen LogP contribution in [0.2, 0.25) is 10.0 Å². The monoisotopic (exact) mass is 466 g/mol. The van der Waals surface area contributed by atoms with Crippen molar-refractivity contribution in [2.24, 2.45) is 0 Å². The minimum atomic E-state index is -0.414. The lowest BCUT2D eigenvalue weighted by Crippen LogP contribution is -2.41. The van der Waals surface area contributed by atoms with E-state index in [-0.39, 0.29) is 18.4 Å². The number of ether oxygens (including phenoxy) is 3. The molecule has 31 heavy (non-hydrogen) atoms. The van der Waals surface area contributed by atoms with Crippen LogP contribution in [0.3, 0.4) is 0 Å². The maximum atomic E-state index is 12.2. The molecule has 7 nitrogen and oxygen atoms in total. The van der Waals surface area contributed by atoms with Gasteiger partial charge in [0.05, 0.1) is 17.7 Å². The Labute approximate surface area is 190 Å². The molecule has 0 radical (unpaired) electrons. The Hall–Kier alpha value is -2.48. The second kappa shape index (κ2) is 11.8. The van der Waals surface area contributed by atoms with Crippen LogP contribution in [-0.4, -0.2) is 37.7 Å². The fourth-order valence-corrected chi connectivity index (χ4v) is 3.40. The Balaban J connectivity index is 1.32. The molecule has 1 saturated heterocycles. The van der Waals surface area contributed by atoms with Crippen LogP contribution in [0, 0.1) is 0 Å².